The maximum Gasteiger partial charge on any atom is 0.0267 e. The van der Waals surface area contributed by atoms with Gasteiger partial charge in [0.15, 0.2) is 0 Å². The first-order valence-electron chi connectivity index (χ1n) is 6.64. The number of piperidine rings is 1. The maximum absolute atomic E-state index is 4.27. The van der Waals surface area contributed by atoms with E-state index in [2.05, 4.69) is 61.3 Å². The lowest BCUT2D eigenvalue weighted by atomic mass is 9.79. The van der Waals surface area contributed by atoms with Crippen LogP contribution in [0.1, 0.15) is 25.3 Å². The first-order chi connectivity index (χ1) is 8.74. The molecule has 18 heavy (non-hydrogen) atoms. The highest BCUT2D eigenvalue weighted by Crippen LogP contribution is 2.38. The van der Waals surface area contributed by atoms with Crippen LogP contribution < -0.4 is 5.32 Å². The van der Waals surface area contributed by atoms with Crippen LogP contribution in [-0.2, 0) is 0 Å². The molecule has 1 N–H and O–H groups in total. The molecule has 0 aromatic heterocycles. The number of hydrogen-bond acceptors (Lipinski definition) is 1. The van der Waals surface area contributed by atoms with Crippen LogP contribution in [0.5, 0.6) is 0 Å². The van der Waals surface area contributed by atoms with Gasteiger partial charge in [0.05, 0.1) is 0 Å². The van der Waals surface area contributed by atoms with E-state index in [1.165, 1.54) is 22.4 Å². The van der Waals surface area contributed by atoms with E-state index in [-0.39, 0.29) is 0 Å². The van der Waals surface area contributed by atoms with Crippen LogP contribution in [0.3, 0.4) is 0 Å². The van der Waals surface area contributed by atoms with Crippen LogP contribution in [0.4, 0.5) is 0 Å². The van der Waals surface area contributed by atoms with E-state index in [0.29, 0.717) is 12.0 Å². The molecule has 1 aromatic rings. The lowest BCUT2D eigenvalue weighted by Gasteiger charge is -2.36. The van der Waals surface area contributed by atoms with E-state index in [0.717, 1.165) is 12.8 Å². The molecule has 1 saturated heterocycles. The number of benzene rings is 1. The third kappa shape index (κ3) is 2.01. The van der Waals surface area contributed by atoms with Gasteiger partial charge in [-0.3, -0.25) is 0 Å². The fraction of sp³-hybridized carbons (Fsp3) is 0.294. The summed E-state index contributed by atoms with van der Waals surface area (Å²) in [6.07, 6.45) is 6.65. The highest BCUT2D eigenvalue weighted by Gasteiger charge is 2.28. The average molecular weight is 237 g/mol. The summed E-state index contributed by atoms with van der Waals surface area (Å²) in [5, 5.41) is 3.58. The molecule has 0 spiro atoms. The Labute approximate surface area is 109 Å². The summed E-state index contributed by atoms with van der Waals surface area (Å²) in [7, 11) is 0. The first kappa shape index (κ1) is 11.3. The predicted molar refractivity (Wildman–Crippen MR) is 77.0 cm³/mol. The number of nitrogens with one attached hydrogen (secondary N) is 1. The second kappa shape index (κ2) is 4.49. The molecule has 1 heterocycles. The van der Waals surface area contributed by atoms with Gasteiger partial charge in [-0.1, -0.05) is 48.6 Å². The summed E-state index contributed by atoms with van der Waals surface area (Å²) in [5.41, 5.74) is 5.47. The Bertz CT molecular complexity index is 522. The quantitative estimate of drug-likeness (QED) is 0.730. The lowest BCUT2D eigenvalue weighted by Crippen LogP contribution is -2.37. The Morgan fingerprint density at radius 2 is 1.89 bits per heavy atom. The summed E-state index contributed by atoms with van der Waals surface area (Å²) in [5.74, 6) is 0.487. The fourth-order valence-electron chi connectivity index (χ4n) is 2.95. The van der Waals surface area contributed by atoms with Crippen molar-refractivity contribution < 1.29 is 0 Å². The molecule has 1 nitrogen and oxygen atoms in total. The first-order valence-corrected chi connectivity index (χ1v) is 6.64. The van der Waals surface area contributed by atoms with Crippen molar-refractivity contribution in [2.24, 2.45) is 5.92 Å². The molecular weight excluding hydrogens is 218 g/mol. The molecule has 3 rings (SSSR count). The Kier molecular flexibility index (Phi) is 2.83. The van der Waals surface area contributed by atoms with Crippen molar-refractivity contribution in [3.63, 3.8) is 0 Å². The molecule has 1 fully saturated rings. The molecule has 2 unspecified atom stereocenters. The van der Waals surface area contributed by atoms with Gasteiger partial charge < -0.3 is 5.32 Å². The number of hydrogen-bond donors (Lipinski definition) is 1. The summed E-state index contributed by atoms with van der Waals surface area (Å²) in [4.78, 5) is 0. The Morgan fingerprint density at radius 1 is 1.11 bits per heavy atom. The zero-order valence-corrected chi connectivity index (χ0v) is 10.8. The lowest BCUT2D eigenvalue weighted by molar-refractivity contribution is 0.474. The molecule has 2 atom stereocenters. The second-order valence-corrected chi connectivity index (χ2v) is 5.34. The van der Waals surface area contributed by atoms with Crippen LogP contribution in [0.2, 0.25) is 0 Å². The molecule has 0 amide bonds. The number of rotatable bonds is 1. The molecule has 1 heteroatoms. The van der Waals surface area contributed by atoms with E-state index in [9.17, 15) is 0 Å². The maximum atomic E-state index is 4.27. The second-order valence-electron chi connectivity index (χ2n) is 5.34. The van der Waals surface area contributed by atoms with Gasteiger partial charge in [-0.25, -0.2) is 0 Å². The third-order valence-electron chi connectivity index (χ3n) is 3.88. The topological polar surface area (TPSA) is 12.0 Å². The minimum absolute atomic E-state index is 0.487. The zero-order chi connectivity index (χ0) is 12.5. The average Bonchev–Trinajstić information content (AvgIpc) is 2.39. The van der Waals surface area contributed by atoms with E-state index in [1.807, 2.05) is 0 Å². The number of fused-ring (bicyclic) bond motifs is 1. The van der Waals surface area contributed by atoms with E-state index in [1.54, 1.807) is 0 Å². The molecule has 0 bridgehead atoms. The third-order valence-corrected chi connectivity index (χ3v) is 3.88. The predicted octanol–water partition coefficient (Wildman–Crippen LogP) is 3.91. The van der Waals surface area contributed by atoms with Crippen molar-refractivity contribution in [3.05, 3.63) is 65.9 Å². The van der Waals surface area contributed by atoms with E-state index >= 15 is 0 Å². The summed E-state index contributed by atoms with van der Waals surface area (Å²) < 4.78 is 0. The van der Waals surface area contributed by atoms with Gasteiger partial charge >= 0.3 is 0 Å². The van der Waals surface area contributed by atoms with Crippen molar-refractivity contribution in [2.75, 3.05) is 0 Å². The van der Waals surface area contributed by atoms with Gasteiger partial charge in [-0.2, -0.15) is 0 Å². The monoisotopic (exact) mass is 237 g/mol. The largest absolute Gasteiger partial charge is 0.385 e. The Morgan fingerprint density at radius 3 is 2.67 bits per heavy atom. The molecular formula is C17H19N. The normalized spacial score (nSPS) is 26.8. The Hall–Kier alpha value is -1.76. The highest BCUT2D eigenvalue weighted by atomic mass is 14.9. The summed E-state index contributed by atoms with van der Waals surface area (Å²) >= 11 is 0. The minimum Gasteiger partial charge on any atom is -0.385 e. The molecule has 1 aliphatic heterocycles. The smallest absolute Gasteiger partial charge is 0.0267 e. The highest BCUT2D eigenvalue weighted by molar-refractivity contribution is 5.69. The van der Waals surface area contributed by atoms with Crippen LogP contribution in [0, 0.1) is 5.92 Å². The molecule has 1 aliphatic carbocycles. The zero-order valence-electron chi connectivity index (χ0n) is 10.8. The Balaban J connectivity index is 1.91. The van der Waals surface area contributed by atoms with E-state index < -0.39 is 0 Å². The minimum atomic E-state index is 0.487. The summed E-state index contributed by atoms with van der Waals surface area (Å²) in [6.45, 7) is 6.49. The van der Waals surface area contributed by atoms with Gasteiger partial charge in [0.1, 0.15) is 0 Å². The van der Waals surface area contributed by atoms with Crippen molar-refractivity contribution in [1.29, 1.82) is 0 Å². The van der Waals surface area contributed by atoms with Crippen LogP contribution in [0.25, 0.3) is 5.57 Å². The molecule has 2 aliphatic rings. The van der Waals surface area contributed by atoms with Gasteiger partial charge in [0.2, 0.25) is 0 Å². The fourth-order valence-corrected chi connectivity index (χ4v) is 2.95. The van der Waals surface area contributed by atoms with Crippen LogP contribution >= 0.6 is 0 Å². The van der Waals surface area contributed by atoms with Crippen LogP contribution in [0.15, 0.2) is 60.3 Å². The molecule has 1 aromatic carbocycles. The van der Waals surface area contributed by atoms with Gasteiger partial charge in [-0.15, -0.1) is 0 Å². The van der Waals surface area contributed by atoms with Gasteiger partial charge in [0.25, 0.3) is 0 Å². The molecule has 0 saturated carbocycles. The molecule has 0 radical (unpaired) electrons. The SMILES string of the molecule is C=C1CC(C)NC2=CC=C(c3ccccc3)CC12. The van der Waals surface area contributed by atoms with Crippen LogP contribution in [-0.4, -0.2) is 6.04 Å². The van der Waals surface area contributed by atoms with Crippen molar-refractivity contribution in [3.8, 4) is 0 Å². The molecule has 92 valence electrons. The van der Waals surface area contributed by atoms with Crippen molar-refractivity contribution in [1.82, 2.24) is 5.32 Å². The van der Waals surface area contributed by atoms with Gasteiger partial charge in [-0.05, 0) is 37.0 Å². The standard InChI is InChI=1S/C17H19N/c1-12-10-13(2)18-17-9-8-15(11-16(12)17)14-6-4-3-5-7-14/h3-9,13,16,18H,1,10-11H2,2H3. The van der Waals surface area contributed by atoms with Crippen molar-refractivity contribution >= 4 is 5.57 Å². The van der Waals surface area contributed by atoms with Gasteiger partial charge in [0, 0.05) is 17.7 Å². The number of allylic oxidation sites excluding steroid dienone is 4. The van der Waals surface area contributed by atoms with Crippen molar-refractivity contribution in [2.45, 2.75) is 25.8 Å². The van der Waals surface area contributed by atoms with E-state index in [4.69, 9.17) is 0 Å². The summed E-state index contributed by atoms with van der Waals surface area (Å²) in [6, 6.07) is 11.2.